The maximum absolute atomic E-state index is 8.74. The van der Waals surface area contributed by atoms with Gasteiger partial charge in [-0.25, -0.2) is 0 Å². The van der Waals surface area contributed by atoms with E-state index in [0.717, 1.165) is 24.6 Å². The molecule has 3 heteroatoms. The summed E-state index contributed by atoms with van der Waals surface area (Å²) in [7, 11) is 0. The lowest BCUT2D eigenvalue weighted by atomic mass is 9.83. The maximum atomic E-state index is 8.74. The Kier molecular flexibility index (Phi) is 4.42. The van der Waals surface area contributed by atoms with Gasteiger partial charge in [0.05, 0.1) is 11.6 Å². The Bertz CT molecular complexity index is 419. The van der Waals surface area contributed by atoms with Crippen LogP contribution in [0.2, 0.25) is 5.02 Å². The maximum Gasteiger partial charge on any atom is 0.0992 e. The second-order valence-corrected chi connectivity index (χ2v) is 5.09. The van der Waals surface area contributed by atoms with Crippen molar-refractivity contribution >= 4 is 11.6 Å². The molecule has 0 aromatic heterocycles. The van der Waals surface area contributed by atoms with Crippen molar-refractivity contribution < 1.29 is 0 Å². The van der Waals surface area contributed by atoms with Gasteiger partial charge in [0.2, 0.25) is 0 Å². The average molecular weight is 249 g/mol. The van der Waals surface area contributed by atoms with E-state index in [1.807, 2.05) is 12.1 Å². The van der Waals surface area contributed by atoms with E-state index in [0.29, 0.717) is 10.6 Å². The van der Waals surface area contributed by atoms with Crippen molar-refractivity contribution in [3.05, 3.63) is 34.3 Å². The highest BCUT2D eigenvalue weighted by Gasteiger charge is 2.16. The highest BCUT2D eigenvalue weighted by atomic mass is 35.5. The summed E-state index contributed by atoms with van der Waals surface area (Å²) >= 11 is 6.10. The third-order valence-corrected chi connectivity index (χ3v) is 3.80. The molecular weight excluding hydrogens is 232 g/mol. The Morgan fingerprint density at radius 1 is 1.41 bits per heavy atom. The van der Waals surface area contributed by atoms with Crippen molar-refractivity contribution in [3.63, 3.8) is 0 Å². The van der Waals surface area contributed by atoms with Crippen molar-refractivity contribution in [1.82, 2.24) is 5.32 Å². The van der Waals surface area contributed by atoms with Gasteiger partial charge < -0.3 is 5.32 Å². The van der Waals surface area contributed by atoms with Crippen LogP contribution in [-0.2, 0) is 6.54 Å². The molecule has 17 heavy (non-hydrogen) atoms. The number of nitrogens with one attached hydrogen (secondary N) is 1. The first kappa shape index (κ1) is 12.4. The summed E-state index contributed by atoms with van der Waals surface area (Å²) in [5, 5.41) is 12.8. The van der Waals surface area contributed by atoms with Crippen molar-refractivity contribution in [2.45, 2.75) is 32.2 Å². The van der Waals surface area contributed by atoms with E-state index in [1.165, 1.54) is 25.7 Å². The van der Waals surface area contributed by atoms with Crippen molar-refractivity contribution in [2.75, 3.05) is 6.54 Å². The minimum Gasteiger partial charge on any atom is -0.313 e. The van der Waals surface area contributed by atoms with Crippen molar-refractivity contribution in [1.29, 1.82) is 5.26 Å². The Morgan fingerprint density at radius 3 is 2.82 bits per heavy atom. The SMILES string of the molecule is N#Cc1ccc(CNCCC2CCC2)c(Cl)c1. The quantitative estimate of drug-likeness (QED) is 0.810. The highest BCUT2D eigenvalue weighted by Crippen LogP contribution is 2.28. The summed E-state index contributed by atoms with van der Waals surface area (Å²) in [4.78, 5) is 0. The lowest BCUT2D eigenvalue weighted by Gasteiger charge is -2.25. The van der Waals surface area contributed by atoms with E-state index in [2.05, 4.69) is 11.4 Å². The van der Waals surface area contributed by atoms with Crippen LogP contribution in [0.15, 0.2) is 18.2 Å². The molecule has 1 aliphatic rings. The number of hydrogen-bond acceptors (Lipinski definition) is 2. The molecule has 0 heterocycles. The van der Waals surface area contributed by atoms with Crippen LogP contribution in [0.4, 0.5) is 0 Å². The lowest BCUT2D eigenvalue weighted by molar-refractivity contribution is 0.292. The molecule has 1 aromatic carbocycles. The Labute approximate surface area is 108 Å². The van der Waals surface area contributed by atoms with E-state index in [9.17, 15) is 0 Å². The molecule has 1 aliphatic carbocycles. The van der Waals surface area contributed by atoms with Gasteiger partial charge in [-0.05, 0) is 36.6 Å². The van der Waals surface area contributed by atoms with E-state index in [-0.39, 0.29) is 0 Å². The molecule has 2 rings (SSSR count). The first-order valence-corrected chi connectivity index (χ1v) is 6.56. The zero-order valence-electron chi connectivity index (χ0n) is 9.88. The van der Waals surface area contributed by atoms with Crippen LogP contribution in [0, 0.1) is 17.2 Å². The summed E-state index contributed by atoms with van der Waals surface area (Å²) in [5.74, 6) is 0.943. The van der Waals surface area contributed by atoms with E-state index in [4.69, 9.17) is 16.9 Å². The summed E-state index contributed by atoms with van der Waals surface area (Å²) in [6, 6.07) is 7.56. The monoisotopic (exact) mass is 248 g/mol. The molecule has 0 atom stereocenters. The van der Waals surface area contributed by atoms with Gasteiger partial charge >= 0.3 is 0 Å². The molecule has 0 saturated heterocycles. The molecule has 0 bridgehead atoms. The Hall–Kier alpha value is -1.04. The normalized spacial score (nSPS) is 15.3. The Balaban J connectivity index is 1.76. The van der Waals surface area contributed by atoms with Gasteiger partial charge in [-0.2, -0.15) is 5.26 Å². The average Bonchev–Trinajstić information content (AvgIpc) is 2.28. The van der Waals surface area contributed by atoms with Crippen LogP contribution in [0.3, 0.4) is 0 Å². The molecule has 90 valence electrons. The second-order valence-electron chi connectivity index (χ2n) is 4.68. The predicted octanol–water partition coefficient (Wildman–Crippen LogP) is 3.49. The standard InChI is InChI=1S/C14H17ClN2/c15-14-8-12(9-16)4-5-13(14)10-17-7-6-11-2-1-3-11/h4-5,8,11,17H,1-3,6-7,10H2. The molecule has 0 radical (unpaired) electrons. The first-order valence-electron chi connectivity index (χ1n) is 6.19. The van der Waals surface area contributed by atoms with Gasteiger partial charge in [0.15, 0.2) is 0 Å². The van der Waals surface area contributed by atoms with Gasteiger partial charge in [-0.15, -0.1) is 0 Å². The minimum atomic E-state index is 0.619. The van der Waals surface area contributed by atoms with Crippen LogP contribution >= 0.6 is 11.6 Å². The summed E-state index contributed by atoms with van der Waals surface area (Å²) in [6.45, 7) is 1.85. The fraction of sp³-hybridized carbons (Fsp3) is 0.500. The smallest absolute Gasteiger partial charge is 0.0992 e. The van der Waals surface area contributed by atoms with Gasteiger partial charge in [-0.3, -0.25) is 0 Å². The molecule has 0 amide bonds. The van der Waals surface area contributed by atoms with Crippen LogP contribution in [0.5, 0.6) is 0 Å². The van der Waals surface area contributed by atoms with E-state index in [1.54, 1.807) is 6.07 Å². The number of halogens is 1. The van der Waals surface area contributed by atoms with Crippen LogP contribution in [-0.4, -0.2) is 6.54 Å². The molecule has 2 nitrogen and oxygen atoms in total. The lowest BCUT2D eigenvalue weighted by Crippen LogP contribution is -2.21. The molecule has 0 aliphatic heterocycles. The van der Waals surface area contributed by atoms with E-state index < -0.39 is 0 Å². The molecule has 1 saturated carbocycles. The predicted molar refractivity (Wildman–Crippen MR) is 69.8 cm³/mol. The summed E-state index contributed by atoms with van der Waals surface area (Å²) < 4.78 is 0. The third-order valence-electron chi connectivity index (χ3n) is 3.45. The molecular formula is C14H17ClN2. The largest absolute Gasteiger partial charge is 0.313 e. The van der Waals surface area contributed by atoms with Gasteiger partial charge in [0, 0.05) is 11.6 Å². The Morgan fingerprint density at radius 2 is 2.24 bits per heavy atom. The number of benzene rings is 1. The second kappa shape index (κ2) is 6.05. The fourth-order valence-corrected chi connectivity index (χ4v) is 2.32. The summed E-state index contributed by atoms with van der Waals surface area (Å²) in [6.07, 6.45) is 5.48. The zero-order valence-corrected chi connectivity index (χ0v) is 10.6. The molecule has 1 aromatic rings. The van der Waals surface area contributed by atoms with Gasteiger partial charge in [0.25, 0.3) is 0 Å². The third kappa shape index (κ3) is 3.46. The first-order chi connectivity index (χ1) is 8.29. The fourth-order valence-electron chi connectivity index (χ4n) is 2.07. The number of nitriles is 1. The van der Waals surface area contributed by atoms with Crippen molar-refractivity contribution in [2.24, 2.45) is 5.92 Å². The summed E-state index contributed by atoms with van der Waals surface area (Å²) in [5.41, 5.74) is 1.69. The number of nitrogens with zero attached hydrogens (tertiary/aromatic N) is 1. The molecule has 1 fully saturated rings. The topological polar surface area (TPSA) is 35.8 Å². The number of hydrogen-bond donors (Lipinski definition) is 1. The van der Waals surface area contributed by atoms with Gasteiger partial charge in [0.1, 0.15) is 0 Å². The minimum absolute atomic E-state index is 0.619. The van der Waals surface area contributed by atoms with Gasteiger partial charge in [-0.1, -0.05) is 36.9 Å². The molecule has 1 N–H and O–H groups in total. The van der Waals surface area contributed by atoms with Crippen LogP contribution in [0.25, 0.3) is 0 Å². The number of rotatable bonds is 5. The van der Waals surface area contributed by atoms with Crippen molar-refractivity contribution in [3.8, 4) is 6.07 Å². The highest BCUT2D eigenvalue weighted by molar-refractivity contribution is 6.31. The van der Waals surface area contributed by atoms with E-state index >= 15 is 0 Å². The molecule has 0 unspecified atom stereocenters. The molecule has 0 spiro atoms. The van der Waals surface area contributed by atoms with Crippen LogP contribution < -0.4 is 5.32 Å². The van der Waals surface area contributed by atoms with Crippen LogP contribution in [0.1, 0.15) is 36.8 Å². The zero-order chi connectivity index (χ0) is 12.1.